The summed E-state index contributed by atoms with van der Waals surface area (Å²) in [5.41, 5.74) is 6.49. The average Bonchev–Trinajstić information content (AvgIpc) is 2.78. The summed E-state index contributed by atoms with van der Waals surface area (Å²) < 4.78 is 5.13. The van der Waals surface area contributed by atoms with Crippen molar-refractivity contribution in [2.75, 3.05) is 26.1 Å². The number of nitrogens with zero attached hydrogens (tertiary/aromatic N) is 3. The molecule has 0 aromatic heterocycles. The molecule has 0 heterocycles. The zero-order chi connectivity index (χ0) is 21.5. The first-order chi connectivity index (χ1) is 14.6. The Morgan fingerprint density at radius 1 is 0.733 bits per heavy atom. The highest BCUT2D eigenvalue weighted by atomic mass is 16.5. The van der Waals surface area contributed by atoms with E-state index in [0.717, 1.165) is 33.5 Å². The number of methoxy groups -OCH3 is 1. The van der Waals surface area contributed by atoms with Gasteiger partial charge in [0.05, 0.1) is 17.8 Å². The number of rotatable bonds is 6. The van der Waals surface area contributed by atoms with Gasteiger partial charge in [0.1, 0.15) is 12.1 Å². The predicted molar refractivity (Wildman–Crippen MR) is 121 cm³/mol. The lowest BCUT2D eigenvalue weighted by atomic mass is 9.94. The lowest BCUT2D eigenvalue weighted by Gasteiger charge is -2.13. The molecular weight excluding hydrogens is 370 g/mol. The molecule has 0 radical (unpaired) electrons. The molecule has 148 valence electrons. The number of nitriles is 2. The van der Waals surface area contributed by atoms with Crippen LogP contribution in [0.3, 0.4) is 0 Å². The lowest BCUT2D eigenvalue weighted by Crippen LogP contribution is -2.07. The molecule has 4 nitrogen and oxygen atoms in total. The molecule has 0 spiro atoms. The van der Waals surface area contributed by atoms with Gasteiger partial charge in [-0.1, -0.05) is 60.7 Å². The zero-order valence-corrected chi connectivity index (χ0v) is 17.4. The predicted octanol–water partition coefficient (Wildman–Crippen LogP) is 5.52. The summed E-state index contributed by atoms with van der Waals surface area (Å²) in [7, 11) is 5.66. The SMILES string of the molecule is COCc1ccc(C(C#N)=C(C#N)c2ccc(-c3ccc(N(C)C)cc3)cc2)cc1. The fourth-order valence-electron chi connectivity index (χ4n) is 3.25. The molecule has 0 unspecified atom stereocenters. The van der Waals surface area contributed by atoms with Crippen molar-refractivity contribution in [1.82, 2.24) is 0 Å². The highest BCUT2D eigenvalue weighted by Crippen LogP contribution is 2.29. The van der Waals surface area contributed by atoms with E-state index in [2.05, 4.69) is 41.3 Å². The van der Waals surface area contributed by atoms with Crippen LogP contribution in [0.25, 0.3) is 22.3 Å². The van der Waals surface area contributed by atoms with Crippen LogP contribution in [0.2, 0.25) is 0 Å². The molecule has 0 saturated carbocycles. The fourth-order valence-corrected chi connectivity index (χ4v) is 3.25. The third kappa shape index (κ3) is 4.58. The largest absolute Gasteiger partial charge is 0.380 e. The van der Waals surface area contributed by atoms with E-state index < -0.39 is 0 Å². The topological polar surface area (TPSA) is 60.0 Å². The standard InChI is InChI=1S/C26H23N3O/c1-29(2)24-14-12-21(13-15-24)20-8-10-23(11-9-20)26(17-28)25(16-27)22-6-4-19(5-7-22)18-30-3/h4-15H,18H2,1-3H3. The normalized spacial score (nSPS) is 11.2. The molecule has 0 aliphatic heterocycles. The van der Waals surface area contributed by atoms with Gasteiger partial charge in [-0.2, -0.15) is 10.5 Å². The zero-order valence-electron chi connectivity index (χ0n) is 17.4. The smallest absolute Gasteiger partial charge is 0.101 e. The second kappa shape index (κ2) is 9.56. The minimum atomic E-state index is 0.365. The maximum absolute atomic E-state index is 9.77. The molecular formula is C26H23N3O. The summed E-state index contributed by atoms with van der Waals surface area (Å²) >= 11 is 0. The van der Waals surface area contributed by atoms with E-state index in [0.29, 0.717) is 17.8 Å². The van der Waals surface area contributed by atoms with E-state index in [1.54, 1.807) is 7.11 Å². The van der Waals surface area contributed by atoms with Crippen molar-refractivity contribution >= 4 is 16.8 Å². The Labute approximate surface area is 177 Å². The fraction of sp³-hybridized carbons (Fsp3) is 0.154. The van der Waals surface area contributed by atoms with Crippen LogP contribution in [0.4, 0.5) is 5.69 Å². The third-order valence-corrected chi connectivity index (χ3v) is 4.92. The number of benzene rings is 3. The lowest BCUT2D eigenvalue weighted by molar-refractivity contribution is 0.185. The number of hydrogen-bond acceptors (Lipinski definition) is 4. The highest BCUT2D eigenvalue weighted by Gasteiger charge is 2.12. The summed E-state index contributed by atoms with van der Waals surface area (Å²) in [5.74, 6) is 0. The Morgan fingerprint density at radius 2 is 1.17 bits per heavy atom. The van der Waals surface area contributed by atoms with Gasteiger partial charge < -0.3 is 9.64 Å². The summed E-state index contributed by atoms with van der Waals surface area (Å²) in [4.78, 5) is 2.06. The second-order valence-electron chi connectivity index (χ2n) is 7.12. The Morgan fingerprint density at radius 3 is 1.57 bits per heavy atom. The van der Waals surface area contributed by atoms with Gasteiger partial charge in [0.25, 0.3) is 0 Å². The molecule has 0 bridgehead atoms. The Bertz CT molecular complexity index is 1110. The molecule has 0 amide bonds. The first kappa shape index (κ1) is 20.9. The van der Waals surface area contributed by atoms with Crippen LogP contribution in [0.15, 0.2) is 72.8 Å². The van der Waals surface area contributed by atoms with Crippen LogP contribution in [-0.2, 0) is 11.3 Å². The van der Waals surface area contributed by atoms with Crippen LogP contribution in [-0.4, -0.2) is 21.2 Å². The van der Waals surface area contributed by atoms with Crippen molar-refractivity contribution in [3.8, 4) is 23.3 Å². The minimum Gasteiger partial charge on any atom is -0.380 e. The summed E-state index contributed by atoms with van der Waals surface area (Å²) in [5, 5.41) is 19.5. The third-order valence-electron chi connectivity index (χ3n) is 4.92. The van der Waals surface area contributed by atoms with Crippen molar-refractivity contribution in [3.63, 3.8) is 0 Å². The van der Waals surface area contributed by atoms with Crippen molar-refractivity contribution < 1.29 is 4.74 Å². The van der Waals surface area contributed by atoms with E-state index >= 15 is 0 Å². The van der Waals surface area contributed by atoms with Crippen molar-refractivity contribution in [3.05, 3.63) is 89.5 Å². The number of ether oxygens (including phenoxy) is 1. The molecule has 0 aliphatic rings. The van der Waals surface area contributed by atoms with Gasteiger partial charge >= 0.3 is 0 Å². The Kier molecular flexibility index (Phi) is 6.65. The van der Waals surface area contributed by atoms with E-state index in [1.807, 2.05) is 62.6 Å². The molecule has 0 atom stereocenters. The Hall–Kier alpha value is -3.86. The maximum atomic E-state index is 9.77. The molecule has 0 saturated heterocycles. The van der Waals surface area contributed by atoms with Crippen molar-refractivity contribution in [2.24, 2.45) is 0 Å². The van der Waals surface area contributed by atoms with Crippen LogP contribution >= 0.6 is 0 Å². The van der Waals surface area contributed by atoms with Gasteiger partial charge in [-0.05, 0) is 39.9 Å². The molecule has 4 heteroatoms. The van der Waals surface area contributed by atoms with Gasteiger partial charge in [-0.3, -0.25) is 0 Å². The minimum absolute atomic E-state index is 0.365. The van der Waals surface area contributed by atoms with E-state index in [-0.39, 0.29) is 0 Å². The number of allylic oxidation sites excluding steroid dienone is 2. The molecule has 3 aromatic carbocycles. The second-order valence-corrected chi connectivity index (χ2v) is 7.12. The Balaban J connectivity index is 1.93. The average molecular weight is 393 g/mol. The summed E-state index contributed by atoms with van der Waals surface area (Å²) in [6.45, 7) is 0.508. The van der Waals surface area contributed by atoms with Crippen LogP contribution in [0, 0.1) is 22.7 Å². The van der Waals surface area contributed by atoms with Gasteiger partial charge in [-0.15, -0.1) is 0 Å². The van der Waals surface area contributed by atoms with Gasteiger partial charge in [-0.25, -0.2) is 0 Å². The van der Waals surface area contributed by atoms with Gasteiger partial charge in [0, 0.05) is 26.9 Å². The van der Waals surface area contributed by atoms with E-state index in [4.69, 9.17) is 4.74 Å². The van der Waals surface area contributed by atoms with Crippen LogP contribution < -0.4 is 4.90 Å². The molecule has 3 rings (SSSR count). The summed E-state index contributed by atoms with van der Waals surface area (Å²) in [6, 6.07) is 28.0. The molecule has 0 aliphatic carbocycles. The molecule has 3 aromatic rings. The van der Waals surface area contributed by atoms with Crippen LogP contribution in [0.1, 0.15) is 16.7 Å². The first-order valence-electron chi connectivity index (χ1n) is 9.58. The number of hydrogen-bond donors (Lipinski definition) is 0. The molecule has 0 N–H and O–H groups in total. The van der Waals surface area contributed by atoms with E-state index in [1.165, 1.54) is 0 Å². The quantitative estimate of drug-likeness (QED) is 0.408. The van der Waals surface area contributed by atoms with Crippen molar-refractivity contribution in [2.45, 2.75) is 6.61 Å². The monoisotopic (exact) mass is 393 g/mol. The summed E-state index contributed by atoms with van der Waals surface area (Å²) in [6.07, 6.45) is 0. The van der Waals surface area contributed by atoms with Crippen molar-refractivity contribution in [1.29, 1.82) is 10.5 Å². The first-order valence-corrected chi connectivity index (χ1v) is 9.58. The highest BCUT2D eigenvalue weighted by molar-refractivity contribution is 6.02. The number of anilines is 1. The van der Waals surface area contributed by atoms with E-state index in [9.17, 15) is 10.5 Å². The molecule has 0 fully saturated rings. The van der Waals surface area contributed by atoms with Crippen LogP contribution in [0.5, 0.6) is 0 Å². The van der Waals surface area contributed by atoms with Gasteiger partial charge in [0.2, 0.25) is 0 Å². The van der Waals surface area contributed by atoms with Gasteiger partial charge in [0.15, 0.2) is 0 Å². The maximum Gasteiger partial charge on any atom is 0.101 e. The molecule has 30 heavy (non-hydrogen) atoms.